The van der Waals surface area contributed by atoms with Crippen LogP contribution < -0.4 is 10.6 Å². The molecule has 0 aliphatic carbocycles. The fraction of sp³-hybridized carbons (Fsp3) is 0.241. The van der Waals surface area contributed by atoms with Crippen molar-refractivity contribution in [2.24, 2.45) is 0 Å². The van der Waals surface area contributed by atoms with E-state index in [1.165, 1.54) is 17.1 Å². The number of nitrogens with zero attached hydrogens (tertiary/aromatic N) is 4. The third-order valence-electron chi connectivity index (χ3n) is 5.75. The van der Waals surface area contributed by atoms with Gasteiger partial charge in [-0.3, -0.25) is 13.8 Å². The molecule has 3 aromatic carbocycles. The number of esters is 1. The Morgan fingerprint density at radius 3 is 2.38 bits per heavy atom. The zero-order chi connectivity index (χ0) is 30.3. The van der Waals surface area contributed by atoms with E-state index in [9.17, 15) is 18.6 Å². The summed E-state index contributed by atoms with van der Waals surface area (Å²) in [6.07, 6.45) is 1.53. The topological polar surface area (TPSA) is 145 Å². The van der Waals surface area contributed by atoms with E-state index in [1.54, 1.807) is 57.2 Å². The lowest BCUT2D eigenvalue weighted by Crippen LogP contribution is -2.46. The molecule has 1 heterocycles. The van der Waals surface area contributed by atoms with E-state index >= 15 is 0 Å². The molecule has 42 heavy (non-hydrogen) atoms. The molecule has 13 heteroatoms. The third-order valence-corrected chi connectivity index (χ3v) is 7.32. The minimum absolute atomic E-state index is 0.189. The van der Waals surface area contributed by atoms with Crippen LogP contribution in [0.25, 0.3) is 5.69 Å². The summed E-state index contributed by atoms with van der Waals surface area (Å²) in [4.78, 5) is 39.0. The largest absolute Gasteiger partial charge is 0.456 e. The van der Waals surface area contributed by atoms with Crippen molar-refractivity contribution in [2.75, 3.05) is 11.1 Å². The molecule has 4 aromatic rings. The van der Waals surface area contributed by atoms with Crippen molar-refractivity contribution in [3.63, 3.8) is 0 Å². The highest BCUT2D eigenvalue weighted by molar-refractivity contribution is 7.86. The molecule has 0 bridgehead atoms. The first-order valence-corrected chi connectivity index (χ1v) is 14.6. The lowest BCUT2D eigenvalue weighted by Gasteiger charge is -2.20. The van der Waals surface area contributed by atoms with Crippen LogP contribution in [0, 0.1) is 0 Å². The number of nitrogens with one attached hydrogen (secondary N) is 2. The Morgan fingerprint density at radius 1 is 1.02 bits per heavy atom. The van der Waals surface area contributed by atoms with Crippen LogP contribution in [0.15, 0.2) is 84.0 Å². The standard InChI is InChI=1S/C29H29ClN6O5S/c1-29(2,3)41-28(39)20-9-12-22(13-10-20)32-27(38)23(15-19-7-5-4-6-8-19)33-26(37)17-42(40)25-16-21(30)11-14-24(25)36-18-31-34-35-36/h4-14,16,18,23H,15,17H2,1-3H3,(H,32,38)(H,33,37)/t23-,42?/m0/s1. The molecule has 0 fully saturated rings. The minimum Gasteiger partial charge on any atom is -0.456 e. The summed E-state index contributed by atoms with van der Waals surface area (Å²) in [7, 11) is -1.84. The smallest absolute Gasteiger partial charge is 0.338 e. The van der Waals surface area contributed by atoms with Crippen molar-refractivity contribution in [3.05, 3.63) is 95.3 Å². The number of benzene rings is 3. The second-order valence-electron chi connectivity index (χ2n) is 10.2. The predicted octanol–water partition coefficient (Wildman–Crippen LogP) is 3.74. The first-order chi connectivity index (χ1) is 20.0. The number of hydrogen-bond donors (Lipinski definition) is 2. The van der Waals surface area contributed by atoms with Gasteiger partial charge < -0.3 is 15.4 Å². The van der Waals surface area contributed by atoms with Crippen molar-refractivity contribution >= 4 is 45.9 Å². The number of anilines is 1. The normalized spacial score (nSPS) is 12.7. The van der Waals surface area contributed by atoms with Gasteiger partial charge in [0.25, 0.3) is 0 Å². The average Bonchev–Trinajstić information content (AvgIpc) is 3.47. The summed E-state index contributed by atoms with van der Waals surface area (Å²) in [6.45, 7) is 5.33. The molecule has 0 spiro atoms. The van der Waals surface area contributed by atoms with Crippen LogP contribution >= 0.6 is 11.6 Å². The molecule has 218 valence electrons. The van der Waals surface area contributed by atoms with Gasteiger partial charge in [0.15, 0.2) is 0 Å². The molecule has 0 radical (unpaired) electrons. The molecular formula is C29H29ClN6O5S. The first kappa shape index (κ1) is 30.5. The molecule has 1 unspecified atom stereocenters. The molecule has 2 N–H and O–H groups in total. The number of carbonyl (C=O) groups excluding carboxylic acids is 3. The second-order valence-corrected chi connectivity index (χ2v) is 12.1. The van der Waals surface area contributed by atoms with Gasteiger partial charge in [0.05, 0.1) is 26.9 Å². The quantitative estimate of drug-likeness (QED) is 0.259. The van der Waals surface area contributed by atoms with Crippen LogP contribution in [0.2, 0.25) is 5.02 Å². The van der Waals surface area contributed by atoms with Crippen molar-refractivity contribution in [1.29, 1.82) is 0 Å². The Hall–Kier alpha value is -4.42. The van der Waals surface area contributed by atoms with E-state index in [4.69, 9.17) is 16.3 Å². The Bertz CT molecular complexity index is 1570. The zero-order valence-electron chi connectivity index (χ0n) is 23.1. The number of hydrogen-bond acceptors (Lipinski definition) is 8. The summed E-state index contributed by atoms with van der Waals surface area (Å²) < 4.78 is 20.0. The number of rotatable bonds is 10. The summed E-state index contributed by atoms with van der Waals surface area (Å²) >= 11 is 6.13. The molecule has 0 aliphatic rings. The van der Waals surface area contributed by atoms with Gasteiger partial charge in [0.2, 0.25) is 11.8 Å². The molecule has 11 nitrogen and oxygen atoms in total. The zero-order valence-corrected chi connectivity index (χ0v) is 24.7. The van der Waals surface area contributed by atoms with Crippen LogP contribution in [0.5, 0.6) is 0 Å². The maximum Gasteiger partial charge on any atom is 0.338 e. The average molecular weight is 609 g/mol. The molecule has 2 amide bonds. The Labute approximate surface area is 250 Å². The predicted molar refractivity (Wildman–Crippen MR) is 158 cm³/mol. The van der Waals surface area contributed by atoms with E-state index in [1.807, 2.05) is 30.3 Å². The molecular weight excluding hydrogens is 580 g/mol. The molecule has 4 rings (SSSR count). The highest BCUT2D eigenvalue weighted by Crippen LogP contribution is 2.22. The van der Waals surface area contributed by atoms with E-state index in [-0.39, 0.29) is 11.3 Å². The number of carbonyl (C=O) groups is 3. The van der Waals surface area contributed by atoms with Crippen LogP contribution in [0.1, 0.15) is 36.7 Å². The van der Waals surface area contributed by atoms with Gasteiger partial charge in [-0.05, 0) is 79.2 Å². The van der Waals surface area contributed by atoms with Gasteiger partial charge in [0.1, 0.15) is 23.7 Å². The van der Waals surface area contributed by atoms with E-state index in [0.29, 0.717) is 22.0 Å². The molecule has 2 atom stereocenters. The van der Waals surface area contributed by atoms with Crippen molar-refractivity contribution in [3.8, 4) is 5.69 Å². The van der Waals surface area contributed by atoms with Gasteiger partial charge in [-0.15, -0.1) is 5.10 Å². The molecule has 0 saturated carbocycles. The number of aromatic nitrogens is 4. The molecule has 0 saturated heterocycles. The number of amides is 2. The summed E-state index contributed by atoms with van der Waals surface area (Å²) in [5.74, 6) is -2.00. The Kier molecular flexibility index (Phi) is 9.81. The monoisotopic (exact) mass is 608 g/mol. The molecule has 1 aromatic heterocycles. The van der Waals surface area contributed by atoms with Gasteiger partial charge in [-0.25, -0.2) is 4.79 Å². The first-order valence-electron chi connectivity index (χ1n) is 12.9. The summed E-state index contributed by atoms with van der Waals surface area (Å²) in [6, 6.07) is 19.1. The van der Waals surface area contributed by atoms with Crippen molar-refractivity contribution in [1.82, 2.24) is 25.5 Å². The number of ether oxygens (including phenoxy) is 1. The Morgan fingerprint density at radius 2 is 1.74 bits per heavy atom. The minimum atomic E-state index is -1.84. The fourth-order valence-corrected chi connectivity index (χ4v) is 5.25. The van der Waals surface area contributed by atoms with Gasteiger partial charge >= 0.3 is 5.97 Å². The van der Waals surface area contributed by atoms with E-state index in [2.05, 4.69) is 26.2 Å². The lowest BCUT2D eigenvalue weighted by atomic mass is 10.0. The summed E-state index contributed by atoms with van der Waals surface area (Å²) in [5.41, 5.74) is 1.34. The van der Waals surface area contributed by atoms with Crippen molar-refractivity contribution < 1.29 is 23.3 Å². The number of halogens is 1. The fourth-order valence-electron chi connectivity index (χ4n) is 3.88. The SMILES string of the molecule is CC(C)(C)OC(=O)c1ccc(NC(=O)[C@H](Cc2ccccc2)NC(=O)CS(=O)c2cc(Cl)ccc2-n2cnnn2)cc1. The van der Waals surface area contributed by atoms with E-state index < -0.39 is 46.0 Å². The second kappa shape index (κ2) is 13.5. The Balaban J connectivity index is 1.48. The maximum absolute atomic E-state index is 13.3. The lowest BCUT2D eigenvalue weighted by molar-refractivity contribution is -0.124. The maximum atomic E-state index is 13.3. The van der Waals surface area contributed by atoms with Gasteiger partial charge in [-0.2, -0.15) is 4.68 Å². The van der Waals surface area contributed by atoms with Gasteiger partial charge in [0, 0.05) is 17.1 Å². The van der Waals surface area contributed by atoms with E-state index in [0.717, 1.165) is 5.56 Å². The third kappa shape index (κ3) is 8.54. The summed E-state index contributed by atoms with van der Waals surface area (Å²) in [5, 5.41) is 16.8. The van der Waals surface area contributed by atoms with Crippen LogP contribution in [-0.4, -0.2) is 59.6 Å². The highest BCUT2D eigenvalue weighted by atomic mass is 35.5. The van der Waals surface area contributed by atoms with Gasteiger partial charge in [-0.1, -0.05) is 41.9 Å². The number of tetrazole rings is 1. The molecule has 0 aliphatic heterocycles. The highest BCUT2D eigenvalue weighted by Gasteiger charge is 2.24. The van der Waals surface area contributed by atoms with Crippen LogP contribution in [0.4, 0.5) is 5.69 Å². The van der Waals surface area contributed by atoms with Crippen molar-refractivity contribution in [2.45, 2.75) is 43.7 Å². The van der Waals surface area contributed by atoms with Crippen LogP contribution in [-0.2, 0) is 31.5 Å². The van der Waals surface area contributed by atoms with Crippen LogP contribution in [0.3, 0.4) is 0 Å².